The maximum absolute atomic E-state index is 8.90. The van der Waals surface area contributed by atoms with Crippen molar-refractivity contribution in [2.75, 3.05) is 13.2 Å². The largest absolute Gasteiger partial charge is 0.396 e. The van der Waals surface area contributed by atoms with Gasteiger partial charge in [-0.3, -0.25) is 4.90 Å². The van der Waals surface area contributed by atoms with Crippen LogP contribution in [0.1, 0.15) is 31.2 Å². The first-order chi connectivity index (χ1) is 8.31. The first-order valence-corrected chi connectivity index (χ1v) is 6.63. The van der Waals surface area contributed by atoms with E-state index in [-0.39, 0.29) is 6.61 Å². The van der Waals surface area contributed by atoms with Gasteiger partial charge in [0, 0.05) is 31.0 Å². The zero-order valence-corrected chi connectivity index (χ0v) is 10.7. The summed E-state index contributed by atoms with van der Waals surface area (Å²) in [7, 11) is 0. The number of pyridine rings is 1. The van der Waals surface area contributed by atoms with Crippen LogP contribution in [0.25, 0.3) is 0 Å². The van der Waals surface area contributed by atoms with E-state index in [1.807, 2.05) is 12.1 Å². The molecule has 2 heterocycles. The van der Waals surface area contributed by atoms with Crippen molar-refractivity contribution in [1.82, 2.24) is 9.88 Å². The number of halogens is 1. The molecule has 1 N–H and O–H groups in total. The van der Waals surface area contributed by atoms with Crippen LogP contribution in [0.2, 0.25) is 5.15 Å². The third-order valence-corrected chi connectivity index (χ3v) is 3.74. The Kier molecular flexibility index (Phi) is 4.77. The van der Waals surface area contributed by atoms with Crippen molar-refractivity contribution in [3.63, 3.8) is 0 Å². The van der Waals surface area contributed by atoms with Crippen molar-refractivity contribution < 1.29 is 5.11 Å². The molecule has 0 radical (unpaired) electrons. The van der Waals surface area contributed by atoms with E-state index in [0.717, 1.165) is 31.5 Å². The Hall–Kier alpha value is -0.640. The van der Waals surface area contributed by atoms with E-state index in [1.54, 1.807) is 6.20 Å². The molecule has 1 fully saturated rings. The van der Waals surface area contributed by atoms with E-state index in [2.05, 4.69) is 9.88 Å². The normalized spacial score (nSPS) is 20.9. The van der Waals surface area contributed by atoms with Crippen LogP contribution in [-0.2, 0) is 6.54 Å². The van der Waals surface area contributed by atoms with E-state index in [0.29, 0.717) is 11.2 Å². The molecule has 1 atom stereocenters. The van der Waals surface area contributed by atoms with Crippen LogP contribution < -0.4 is 0 Å². The van der Waals surface area contributed by atoms with Gasteiger partial charge in [-0.15, -0.1) is 0 Å². The monoisotopic (exact) mass is 254 g/mol. The van der Waals surface area contributed by atoms with Gasteiger partial charge in [-0.25, -0.2) is 4.98 Å². The molecular weight excluding hydrogens is 236 g/mol. The molecule has 0 amide bonds. The highest BCUT2D eigenvalue weighted by Gasteiger charge is 2.24. The molecule has 0 aromatic carbocycles. The summed E-state index contributed by atoms with van der Waals surface area (Å²) in [6.45, 7) is 2.29. The third-order valence-electron chi connectivity index (χ3n) is 3.40. The summed E-state index contributed by atoms with van der Waals surface area (Å²) in [6, 6.07) is 4.56. The summed E-state index contributed by atoms with van der Waals surface area (Å²) in [6.07, 6.45) is 6.17. The Morgan fingerprint density at radius 1 is 1.53 bits per heavy atom. The van der Waals surface area contributed by atoms with Crippen LogP contribution in [0.4, 0.5) is 0 Å². The second-order valence-electron chi connectivity index (χ2n) is 4.59. The van der Waals surface area contributed by atoms with E-state index >= 15 is 0 Å². The Bertz CT molecular complexity index is 359. The maximum atomic E-state index is 8.90. The molecule has 0 bridgehead atoms. The second kappa shape index (κ2) is 6.34. The van der Waals surface area contributed by atoms with E-state index in [4.69, 9.17) is 16.7 Å². The van der Waals surface area contributed by atoms with Gasteiger partial charge in [-0.05, 0) is 38.3 Å². The van der Waals surface area contributed by atoms with Gasteiger partial charge >= 0.3 is 0 Å². The molecule has 1 aliphatic heterocycles. The quantitative estimate of drug-likeness (QED) is 0.821. The Morgan fingerprint density at radius 2 is 2.41 bits per heavy atom. The number of hydrogen-bond donors (Lipinski definition) is 1. The minimum absolute atomic E-state index is 0.290. The average Bonchev–Trinajstić information content (AvgIpc) is 2.77. The molecule has 1 unspecified atom stereocenters. The average molecular weight is 255 g/mol. The van der Waals surface area contributed by atoms with Gasteiger partial charge < -0.3 is 5.11 Å². The van der Waals surface area contributed by atoms with Crippen molar-refractivity contribution in [3.05, 3.63) is 29.0 Å². The van der Waals surface area contributed by atoms with Crippen molar-refractivity contribution in [3.8, 4) is 0 Å². The second-order valence-corrected chi connectivity index (χ2v) is 4.94. The van der Waals surface area contributed by atoms with Crippen LogP contribution in [0.15, 0.2) is 18.3 Å². The fourth-order valence-electron chi connectivity index (χ4n) is 2.51. The predicted octanol–water partition coefficient (Wildman–Crippen LogP) is 2.47. The summed E-state index contributed by atoms with van der Waals surface area (Å²) in [5.74, 6) is 0. The van der Waals surface area contributed by atoms with E-state index in [1.165, 1.54) is 12.8 Å². The zero-order chi connectivity index (χ0) is 12.1. The summed E-state index contributed by atoms with van der Waals surface area (Å²) >= 11 is 6.08. The Morgan fingerprint density at radius 3 is 3.18 bits per heavy atom. The van der Waals surface area contributed by atoms with Gasteiger partial charge in [0.1, 0.15) is 5.15 Å². The lowest BCUT2D eigenvalue weighted by molar-refractivity contribution is 0.210. The van der Waals surface area contributed by atoms with Crippen molar-refractivity contribution in [2.24, 2.45) is 0 Å². The summed E-state index contributed by atoms with van der Waals surface area (Å²) in [5.41, 5.74) is 1.10. The number of likely N-dealkylation sites (tertiary alicyclic amines) is 1. The summed E-state index contributed by atoms with van der Waals surface area (Å²) < 4.78 is 0. The number of hydrogen-bond acceptors (Lipinski definition) is 3. The van der Waals surface area contributed by atoms with Crippen molar-refractivity contribution >= 4 is 11.6 Å². The van der Waals surface area contributed by atoms with E-state index < -0.39 is 0 Å². The molecule has 1 aliphatic rings. The molecule has 0 spiro atoms. The summed E-state index contributed by atoms with van der Waals surface area (Å²) in [5, 5.41) is 9.51. The highest BCUT2D eigenvalue weighted by Crippen LogP contribution is 2.25. The fraction of sp³-hybridized carbons (Fsp3) is 0.615. The number of rotatable bonds is 5. The highest BCUT2D eigenvalue weighted by molar-refractivity contribution is 6.30. The standard InChI is InChI=1S/C13H19ClN2O/c14-13-11(4-1-7-15-13)10-16-8-2-5-12(16)6-3-9-17/h1,4,7,12,17H,2-3,5-6,8-10H2. The SMILES string of the molecule is OCCCC1CCCN1Cc1cccnc1Cl. The lowest BCUT2D eigenvalue weighted by Crippen LogP contribution is -2.29. The van der Waals surface area contributed by atoms with Gasteiger partial charge in [-0.1, -0.05) is 17.7 Å². The third kappa shape index (κ3) is 3.41. The van der Waals surface area contributed by atoms with E-state index in [9.17, 15) is 0 Å². The van der Waals surface area contributed by atoms with Crippen molar-refractivity contribution in [2.45, 2.75) is 38.3 Å². The smallest absolute Gasteiger partial charge is 0.133 e. The lowest BCUT2D eigenvalue weighted by atomic mass is 10.1. The molecule has 3 nitrogen and oxygen atoms in total. The van der Waals surface area contributed by atoms with Gasteiger partial charge in [0.05, 0.1) is 0 Å². The first-order valence-electron chi connectivity index (χ1n) is 6.25. The molecule has 1 saturated heterocycles. The maximum Gasteiger partial charge on any atom is 0.133 e. The first kappa shape index (κ1) is 12.8. The number of aliphatic hydroxyl groups is 1. The molecule has 0 saturated carbocycles. The molecule has 2 rings (SSSR count). The van der Waals surface area contributed by atoms with Crippen molar-refractivity contribution in [1.29, 1.82) is 0 Å². The van der Waals surface area contributed by atoms with Gasteiger partial charge in [-0.2, -0.15) is 0 Å². The van der Waals surface area contributed by atoms with Gasteiger partial charge in [0.2, 0.25) is 0 Å². The van der Waals surface area contributed by atoms with Crippen LogP contribution >= 0.6 is 11.6 Å². The zero-order valence-electron chi connectivity index (χ0n) is 9.98. The van der Waals surface area contributed by atoms with Crippen LogP contribution in [-0.4, -0.2) is 34.2 Å². The minimum atomic E-state index is 0.290. The summed E-state index contributed by atoms with van der Waals surface area (Å²) in [4.78, 5) is 6.56. The van der Waals surface area contributed by atoms with Crippen LogP contribution in [0.5, 0.6) is 0 Å². The molecule has 1 aromatic rings. The minimum Gasteiger partial charge on any atom is -0.396 e. The molecule has 4 heteroatoms. The van der Waals surface area contributed by atoms with Crippen LogP contribution in [0.3, 0.4) is 0 Å². The van der Waals surface area contributed by atoms with Gasteiger partial charge in [0.25, 0.3) is 0 Å². The molecule has 0 aliphatic carbocycles. The molecular formula is C13H19ClN2O. The topological polar surface area (TPSA) is 36.4 Å². The molecule has 1 aromatic heterocycles. The Labute approximate surface area is 107 Å². The fourth-order valence-corrected chi connectivity index (χ4v) is 2.69. The number of nitrogens with zero attached hydrogens (tertiary/aromatic N) is 2. The molecule has 94 valence electrons. The predicted molar refractivity (Wildman–Crippen MR) is 69.0 cm³/mol. The van der Waals surface area contributed by atoms with Crippen LogP contribution in [0, 0.1) is 0 Å². The number of aliphatic hydroxyl groups excluding tert-OH is 1. The highest BCUT2D eigenvalue weighted by atomic mass is 35.5. The molecule has 17 heavy (non-hydrogen) atoms. The van der Waals surface area contributed by atoms with Gasteiger partial charge in [0.15, 0.2) is 0 Å². The lowest BCUT2D eigenvalue weighted by Gasteiger charge is -2.24. The number of aromatic nitrogens is 1. The Balaban J connectivity index is 1.95.